The van der Waals surface area contributed by atoms with Gasteiger partial charge in [-0.3, -0.25) is 14.5 Å². The van der Waals surface area contributed by atoms with Crippen molar-refractivity contribution >= 4 is 11.8 Å². The van der Waals surface area contributed by atoms with E-state index in [9.17, 15) is 14.7 Å². The Balaban J connectivity index is 1.44. The van der Waals surface area contributed by atoms with Gasteiger partial charge >= 0.3 is 0 Å². The molecular formula is C26H31NO4. The quantitative estimate of drug-likeness (QED) is 0.682. The molecule has 1 saturated carbocycles. The maximum atomic E-state index is 13.0. The van der Waals surface area contributed by atoms with Gasteiger partial charge < -0.3 is 9.84 Å². The standard InChI is InChI=1S/C26H31NO4/c1-19-10-6-7-13-22(19)24(20-11-4-2-5-12-20)31-18-21(28)17-27-23(29)16-26(25(27)30)14-8-3-9-15-26/h2,4-7,10-13,21,24,28H,3,8-9,14-18H2,1H3/t21-,24+/m1/s1. The van der Waals surface area contributed by atoms with Crippen LogP contribution in [0.15, 0.2) is 54.6 Å². The zero-order valence-electron chi connectivity index (χ0n) is 18.1. The molecule has 1 N–H and O–H groups in total. The van der Waals surface area contributed by atoms with Crippen molar-refractivity contribution in [2.45, 2.75) is 57.7 Å². The third kappa shape index (κ3) is 4.58. The topological polar surface area (TPSA) is 66.8 Å². The molecule has 164 valence electrons. The number of likely N-dealkylation sites (tertiary alicyclic amines) is 1. The maximum Gasteiger partial charge on any atom is 0.235 e. The van der Waals surface area contributed by atoms with E-state index in [2.05, 4.69) is 0 Å². The number of rotatable bonds is 7. The van der Waals surface area contributed by atoms with Crippen molar-refractivity contribution in [2.75, 3.05) is 13.2 Å². The minimum absolute atomic E-state index is 0.00526. The van der Waals surface area contributed by atoms with Crippen molar-refractivity contribution in [2.24, 2.45) is 5.41 Å². The molecule has 1 aliphatic carbocycles. The number of aliphatic hydroxyl groups excluding tert-OH is 1. The summed E-state index contributed by atoms with van der Waals surface area (Å²) >= 11 is 0. The molecule has 1 spiro atoms. The van der Waals surface area contributed by atoms with Crippen LogP contribution < -0.4 is 0 Å². The molecule has 2 fully saturated rings. The largest absolute Gasteiger partial charge is 0.389 e. The number of benzene rings is 2. The number of hydrogen-bond acceptors (Lipinski definition) is 4. The number of amides is 2. The molecule has 5 heteroatoms. The Morgan fingerprint density at radius 1 is 1.00 bits per heavy atom. The fourth-order valence-electron chi connectivity index (χ4n) is 5.01. The lowest BCUT2D eigenvalue weighted by Crippen LogP contribution is -2.42. The van der Waals surface area contributed by atoms with Crippen molar-refractivity contribution in [1.29, 1.82) is 0 Å². The van der Waals surface area contributed by atoms with Crippen LogP contribution in [0.25, 0.3) is 0 Å². The molecule has 5 nitrogen and oxygen atoms in total. The highest BCUT2D eigenvalue weighted by molar-refractivity contribution is 6.06. The molecule has 1 saturated heterocycles. The number of carbonyl (C=O) groups is 2. The van der Waals surface area contributed by atoms with Crippen LogP contribution >= 0.6 is 0 Å². The summed E-state index contributed by atoms with van der Waals surface area (Å²) in [5, 5.41) is 10.7. The zero-order chi connectivity index (χ0) is 21.8. The smallest absolute Gasteiger partial charge is 0.235 e. The van der Waals surface area contributed by atoms with Crippen LogP contribution in [-0.4, -0.2) is 41.1 Å². The van der Waals surface area contributed by atoms with Gasteiger partial charge in [0.1, 0.15) is 6.10 Å². The SMILES string of the molecule is Cc1ccccc1[C@@H](OC[C@H](O)CN1C(=O)CC2(CCCCC2)C1=O)c1ccccc1. The van der Waals surface area contributed by atoms with Crippen LogP contribution in [0.2, 0.25) is 0 Å². The van der Waals surface area contributed by atoms with Crippen molar-refractivity contribution < 1.29 is 19.4 Å². The summed E-state index contributed by atoms with van der Waals surface area (Å²) in [7, 11) is 0. The van der Waals surface area contributed by atoms with E-state index in [1.807, 2.05) is 61.5 Å². The predicted octanol–water partition coefficient (Wildman–Crippen LogP) is 4.17. The summed E-state index contributed by atoms with van der Waals surface area (Å²) in [6.45, 7) is 2.07. The van der Waals surface area contributed by atoms with E-state index >= 15 is 0 Å². The molecule has 2 amide bonds. The molecule has 1 aliphatic heterocycles. The first-order chi connectivity index (χ1) is 15.0. The molecule has 2 atom stereocenters. The van der Waals surface area contributed by atoms with E-state index in [-0.39, 0.29) is 37.5 Å². The van der Waals surface area contributed by atoms with Crippen molar-refractivity contribution in [3.8, 4) is 0 Å². The summed E-state index contributed by atoms with van der Waals surface area (Å²) in [5.41, 5.74) is 2.62. The molecule has 0 bridgehead atoms. The van der Waals surface area contributed by atoms with E-state index < -0.39 is 11.5 Å². The highest BCUT2D eigenvalue weighted by atomic mass is 16.5. The van der Waals surface area contributed by atoms with Gasteiger partial charge in [-0.2, -0.15) is 0 Å². The minimum Gasteiger partial charge on any atom is -0.389 e. The van der Waals surface area contributed by atoms with Crippen LogP contribution in [0, 0.1) is 12.3 Å². The van der Waals surface area contributed by atoms with E-state index in [1.54, 1.807) is 0 Å². The third-order valence-corrected chi connectivity index (χ3v) is 6.72. The molecule has 1 heterocycles. The summed E-state index contributed by atoms with van der Waals surface area (Å²) < 4.78 is 6.18. The first kappa shape index (κ1) is 21.7. The van der Waals surface area contributed by atoms with E-state index in [0.717, 1.165) is 48.8 Å². The van der Waals surface area contributed by atoms with Gasteiger partial charge in [0.15, 0.2) is 0 Å². The Bertz CT molecular complexity index is 920. The molecule has 2 aliphatic rings. The first-order valence-electron chi connectivity index (χ1n) is 11.3. The van der Waals surface area contributed by atoms with Crippen molar-refractivity contribution in [3.63, 3.8) is 0 Å². The van der Waals surface area contributed by atoms with Crippen LogP contribution in [-0.2, 0) is 14.3 Å². The van der Waals surface area contributed by atoms with Crippen molar-refractivity contribution in [3.05, 3.63) is 71.3 Å². The molecule has 0 unspecified atom stereocenters. The number of imide groups is 1. The lowest BCUT2D eigenvalue weighted by atomic mass is 9.73. The van der Waals surface area contributed by atoms with Gasteiger partial charge in [0.2, 0.25) is 11.8 Å². The number of aryl methyl sites for hydroxylation is 1. The molecule has 0 radical (unpaired) electrons. The van der Waals surface area contributed by atoms with E-state index in [0.29, 0.717) is 0 Å². The lowest BCUT2D eigenvalue weighted by Gasteiger charge is -2.31. The maximum absolute atomic E-state index is 13.0. The van der Waals surface area contributed by atoms with Gasteiger partial charge in [0, 0.05) is 6.42 Å². The second kappa shape index (κ2) is 9.33. The van der Waals surface area contributed by atoms with Gasteiger partial charge in [-0.15, -0.1) is 0 Å². The Kier molecular flexibility index (Phi) is 6.54. The number of hydrogen-bond donors (Lipinski definition) is 1. The molecule has 2 aromatic carbocycles. The average Bonchev–Trinajstić information content (AvgIpc) is 3.00. The highest BCUT2D eigenvalue weighted by Gasteiger charge is 2.51. The number of ether oxygens (including phenoxy) is 1. The molecule has 4 rings (SSSR count). The Labute approximate surface area is 184 Å². The summed E-state index contributed by atoms with van der Waals surface area (Å²) in [6.07, 6.45) is 3.71. The highest BCUT2D eigenvalue weighted by Crippen LogP contribution is 2.45. The molecule has 2 aromatic rings. The van der Waals surface area contributed by atoms with Gasteiger partial charge in [0.25, 0.3) is 0 Å². The Morgan fingerprint density at radius 2 is 1.68 bits per heavy atom. The van der Waals surface area contributed by atoms with Crippen molar-refractivity contribution in [1.82, 2.24) is 4.90 Å². The predicted molar refractivity (Wildman–Crippen MR) is 118 cm³/mol. The number of carbonyl (C=O) groups excluding carboxylic acids is 2. The molecule has 0 aromatic heterocycles. The summed E-state index contributed by atoms with van der Waals surface area (Å²) in [4.78, 5) is 26.8. The normalized spacial score (nSPS) is 20.3. The summed E-state index contributed by atoms with van der Waals surface area (Å²) in [6, 6.07) is 17.9. The molecule has 31 heavy (non-hydrogen) atoms. The number of nitrogens with zero attached hydrogens (tertiary/aromatic N) is 1. The monoisotopic (exact) mass is 421 g/mol. The third-order valence-electron chi connectivity index (χ3n) is 6.72. The first-order valence-corrected chi connectivity index (χ1v) is 11.3. The Morgan fingerprint density at radius 3 is 2.39 bits per heavy atom. The summed E-state index contributed by atoms with van der Waals surface area (Å²) in [5.74, 6) is -0.265. The van der Waals surface area contributed by atoms with Crippen LogP contribution in [0.3, 0.4) is 0 Å². The fraction of sp³-hybridized carbons (Fsp3) is 0.462. The minimum atomic E-state index is -0.929. The number of aliphatic hydroxyl groups is 1. The van der Waals surface area contributed by atoms with Gasteiger partial charge in [-0.05, 0) is 36.5 Å². The number of β-amino-alcohol motifs (C(OH)–C–C–N with tert-alkyl or cyclic N) is 1. The fourth-order valence-corrected chi connectivity index (χ4v) is 5.01. The Hall–Kier alpha value is -2.50. The van der Waals surface area contributed by atoms with Gasteiger partial charge in [-0.1, -0.05) is 73.9 Å². The van der Waals surface area contributed by atoms with Gasteiger partial charge in [-0.25, -0.2) is 0 Å². The van der Waals surface area contributed by atoms with E-state index in [1.165, 1.54) is 4.90 Å². The molecular weight excluding hydrogens is 390 g/mol. The van der Waals surface area contributed by atoms with E-state index in [4.69, 9.17) is 4.74 Å². The second-order valence-electron chi connectivity index (χ2n) is 8.96. The van der Waals surface area contributed by atoms with Crippen LogP contribution in [0.5, 0.6) is 0 Å². The lowest BCUT2D eigenvalue weighted by molar-refractivity contribution is -0.144. The van der Waals surface area contributed by atoms with Crippen LogP contribution in [0.4, 0.5) is 0 Å². The van der Waals surface area contributed by atoms with Gasteiger partial charge in [0.05, 0.1) is 24.7 Å². The second-order valence-corrected chi connectivity index (χ2v) is 8.96. The average molecular weight is 422 g/mol. The van der Waals surface area contributed by atoms with Crippen LogP contribution in [0.1, 0.15) is 61.3 Å². The zero-order valence-corrected chi connectivity index (χ0v) is 18.1.